The summed E-state index contributed by atoms with van der Waals surface area (Å²) < 4.78 is 5.13. The number of epoxide rings is 1. The molecule has 52 valence electrons. The summed E-state index contributed by atoms with van der Waals surface area (Å²) in [5.41, 5.74) is 2.62. The van der Waals surface area contributed by atoms with E-state index in [2.05, 4.69) is 31.2 Å². The van der Waals surface area contributed by atoms with Crippen molar-refractivity contribution in [2.24, 2.45) is 0 Å². The number of benzene rings is 1. The van der Waals surface area contributed by atoms with Crippen molar-refractivity contribution >= 4 is 0 Å². The van der Waals surface area contributed by atoms with Crippen LogP contribution in [-0.2, 0) is 4.74 Å². The average Bonchev–Trinajstić information content (AvgIpc) is 2.71. The molecule has 1 heteroatoms. The van der Waals surface area contributed by atoms with E-state index < -0.39 is 0 Å². The lowest BCUT2D eigenvalue weighted by atomic mass is 10.1. The zero-order valence-electron chi connectivity index (χ0n) is 6.00. The molecule has 1 fully saturated rings. The van der Waals surface area contributed by atoms with Crippen LogP contribution in [0.25, 0.3) is 0 Å². The van der Waals surface area contributed by atoms with Crippen molar-refractivity contribution < 1.29 is 4.74 Å². The van der Waals surface area contributed by atoms with E-state index in [9.17, 15) is 0 Å². The summed E-state index contributed by atoms with van der Waals surface area (Å²) >= 11 is 0. The van der Waals surface area contributed by atoms with Crippen LogP contribution < -0.4 is 0 Å². The fourth-order valence-electron chi connectivity index (χ4n) is 1.02. The summed E-state index contributed by atoms with van der Waals surface area (Å²) in [4.78, 5) is 0. The Morgan fingerprint density at radius 2 is 1.90 bits per heavy atom. The van der Waals surface area contributed by atoms with Gasteiger partial charge in [0.2, 0.25) is 0 Å². The number of aryl methyl sites for hydroxylation is 1. The monoisotopic (exact) mass is 134 g/mol. The molecule has 0 saturated carbocycles. The molecule has 0 radical (unpaired) electrons. The molecule has 1 saturated heterocycles. The van der Waals surface area contributed by atoms with E-state index in [4.69, 9.17) is 4.74 Å². The van der Waals surface area contributed by atoms with Crippen LogP contribution in [0.4, 0.5) is 0 Å². The van der Waals surface area contributed by atoms with Gasteiger partial charge >= 0.3 is 0 Å². The lowest BCUT2D eigenvalue weighted by molar-refractivity contribution is 0.415. The molecule has 0 aliphatic carbocycles. The standard InChI is InChI=1S/C9H10O/c1-7-2-4-8(5-3-7)9-6-10-9/h2-5,9H,6H2,1H3/t9-/m1/s1. The Bertz CT molecular complexity index is 221. The topological polar surface area (TPSA) is 12.5 Å². The highest BCUT2D eigenvalue weighted by molar-refractivity contribution is 5.24. The summed E-state index contributed by atoms with van der Waals surface area (Å²) in [5.74, 6) is 0. The van der Waals surface area contributed by atoms with E-state index in [0.29, 0.717) is 6.10 Å². The number of hydrogen-bond acceptors (Lipinski definition) is 1. The SMILES string of the molecule is Cc1ccc([C@H]2CO2)cc1. The minimum Gasteiger partial charge on any atom is -0.368 e. The molecule has 1 aliphatic rings. The predicted octanol–water partition coefficient (Wildman–Crippen LogP) is 2.07. The second-order valence-electron chi connectivity index (χ2n) is 2.73. The zero-order chi connectivity index (χ0) is 6.97. The minimum absolute atomic E-state index is 0.403. The van der Waals surface area contributed by atoms with Crippen molar-refractivity contribution in [1.29, 1.82) is 0 Å². The molecule has 1 aromatic carbocycles. The second kappa shape index (κ2) is 2.10. The highest BCUT2D eigenvalue weighted by atomic mass is 16.6. The molecular formula is C9H10O. The van der Waals surface area contributed by atoms with Crippen molar-refractivity contribution in [3.05, 3.63) is 35.4 Å². The maximum Gasteiger partial charge on any atom is 0.106 e. The highest BCUT2D eigenvalue weighted by Crippen LogP contribution is 2.29. The molecule has 1 heterocycles. The van der Waals surface area contributed by atoms with Gasteiger partial charge in [0.25, 0.3) is 0 Å². The Morgan fingerprint density at radius 1 is 1.30 bits per heavy atom. The van der Waals surface area contributed by atoms with Crippen molar-refractivity contribution in [1.82, 2.24) is 0 Å². The van der Waals surface area contributed by atoms with Gasteiger partial charge in [-0.2, -0.15) is 0 Å². The van der Waals surface area contributed by atoms with Crippen LogP contribution in [0.2, 0.25) is 0 Å². The fraction of sp³-hybridized carbons (Fsp3) is 0.333. The molecule has 0 aromatic heterocycles. The number of hydrogen-bond donors (Lipinski definition) is 0. The fourth-order valence-corrected chi connectivity index (χ4v) is 1.02. The van der Waals surface area contributed by atoms with Gasteiger partial charge in [-0.25, -0.2) is 0 Å². The molecule has 0 bridgehead atoms. The molecule has 1 nitrogen and oxygen atoms in total. The molecule has 1 aliphatic heterocycles. The summed E-state index contributed by atoms with van der Waals surface area (Å²) in [6.07, 6.45) is 0.403. The summed E-state index contributed by atoms with van der Waals surface area (Å²) in [7, 11) is 0. The lowest BCUT2D eigenvalue weighted by Gasteiger charge is -1.94. The zero-order valence-corrected chi connectivity index (χ0v) is 6.00. The summed E-state index contributed by atoms with van der Waals surface area (Å²) in [6.45, 7) is 3.00. The molecule has 1 atom stereocenters. The van der Waals surface area contributed by atoms with Crippen LogP contribution >= 0.6 is 0 Å². The Balaban J connectivity index is 2.28. The first-order chi connectivity index (χ1) is 4.86. The Hall–Kier alpha value is -0.820. The van der Waals surface area contributed by atoms with Crippen LogP contribution in [-0.4, -0.2) is 6.61 Å². The first-order valence-electron chi connectivity index (χ1n) is 3.54. The molecule has 0 spiro atoms. The quantitative estimate of drug-likeness (QED) is 0.535. The van der Waals surface area contributed by atoms with Crippen LogP contribution in [0.5, 0.6) is 0 Å². The van der Waals surface area contributed by atoms with Gasteiger partial charge in [-0.05, 0) is 12.5 Å². The van der Waals surface area contributed by atoms with E-state index in [0.717, 1.165) is 6.61 Å². The third kappa shape index (κ3) is 1.05. The van der Waals surface area contributed by atoms with Crippen molar-refractivity contribution in [3.63, 3.8) is 0 Å². The molecule has 1 aromatic rings. The molecule has 0 unspecified atom stereocenters. The van der Waals surface area contributed by atoms with Gasteiger partial charge in [0.15, 0.2) is 0 Å². The third-order valence-corrected chi connectivity index (χ3v) is 1.78. The summed E-state index contributed by atoms with van der Waals surface area (Å²) in [6, 6.07) is 8.51. The van der Waals surface area contributed by atoms with E-state index in [1.54, 1.807) is 0 Å². The molecule has 0 amide bonds. The van der Waals surface area contributed by atoms with Crippen molar-refractivity contribution in [2.45, 2.75) is 13.0 Å². The molecule has 0 N–H and O–H groups in total. The molecule has 10 heavy (non-hydrogen) atoms. The van der Waals surface area contributed by atoms with Crippen LogP contribution in [0.1, 0.15) is 17.2 Å². The van der Waals surface area contributed by atoms with Gasteiger partial charge in [0.1, 0.15) is 6.10 Å². The van der Waals surface area contributed by atoms with E-state index >= 15 is 0 Å². The van der Waals surface area contributed by atoms with E-state index in [-0.39, 0.29) is 0 Å². The first-order valence-corrected chi connectivity index (χ1v) is 3.54. The Kier molecular flexibility index (Phi) is 1.24. The minimum atomic E-state index is 0.403. The van der Waals surface area contributed by atoms with Crippen molar-refractivity contribution in [3.8, 4) is 0 Å². The predicted molar refractivity (Wildman–Crippen MR) is 39.9 cm³/mol. The van der Waals surface area contributed by atoms with Crippen molar-refractivity contribution in [2.75, 3.05) is 6.61 Å². The Morgan fingerprint density at radius 3 is 2.40 bits per heavy atom. The van der Waals surface area contributed by atoms with Crippen LogP contribution in [0.15, 0.2) is 24.3 Å². The maximum absolute atomic E-state index is 5.13. The van der Waals surface area contributed by atoms with Gasteiger partial charge in [0.05, 0.1) is 6.61 Å². The molecular weight excluding hydrogens is 124 g/mol. The second-order valence-corrected chi connectivity index (χ2v) is 2.73. The summed E-state index contributed by atoms with van der Waals surface area (Å²) in [5, 5.41) is 0. The van der Waals surface area contributed by atoms with Crippen LogP contribution in [0, 0.1) is 6.92 Å². The molecule has 2 rings (SSSR count). The third-order valence-electron chi connectivity index (χ3n) is 1.78. The lowest BCUT2D eigenvalue weighted by Crippen LogP contribution is -1.79. The maximum atomic E-state index is 5.13. The van der Waals surface area contributed by atoms with Gasteiger partial charge in [-0.3, -0.25) is 0 Å². The van der Waals surface area contributed by atoms with Gasteiger partial charge in [0, 0.05) is 0 Å². The highest BCUT2D eigenvalue weighted by Gasteiger charge is 2.23. The van der Waals surface area contributed by atoms with Gasteiger partial charge < -0.3 is 4.74 Å². The number of rotatable bonds is 1. The number of ether oxygens (including phenoxy) is 1. The van der Waals surface area contributed by atoms with E-state index in [1.807, 2.05) is 0 Å². The van der Waals surface area contributed by atoms with Crippen LogP contribution in [0.3, 0.4) is 0 Å². The smallest absolute Gasteiger partial charge is 0.106 e. The van der Waals surface area contributed by atoms with Gasteiger partial charge in [-0.15, -0.1) is 0 Å². The van der Waals surface area contributed by atoms with Gasteiger partial charge in [-0.1, -0.05) is 29.8 Å². The van der Waals surface area contributed by atoms with E-state index in [1.165, 1.54) is 11.1 Å². The Labute approximate surface area is 60.6 Å². The normalized spacial score (nSPS) is 22.7. The average molecular weight is 134 g/mol. The largest absolute Gasteiger partial charge is 0.368 e. The first kappa shape index (κ1) is 5.93.